The number of benzene rings is 3. The first kappa shape index (κ1) is 26.4. The number of amides is 2. The van der Waals surface area contributed by atoms with Gasteiger partial charge in [0.05, 0.1) is 22.0 Å². The van der Waals surface area contributed by atoms with E-state index in [1.807, 2.05) is 53.9 Å². The van der Waals surface area contributed by atoms with Gasteiger partial charge in [0.1, 0.15) is 5.82 Å². The van der Waals surface area contributed by atoms with E-state index in [1.54, 1.807) is 37.4 Å². The quantitative estimate of drug-likeness (QED) is 0.235. The molecule has 0 saturated carbocycles. The van der Waals surface area contributed by atoms with Crippen molar-refractivity contribution in [2.75, 3.05) is 16.4 Å². The molecule has 10 heteroatoms. The number of primary amides is 1. The van der Waals surface area contributed by atoms with Gasteiger partial charge < -0.3 is 17.2 Å². The summed E-state index contributed by atoms with van der Waals surface area (Å²) >= 11 is 1.51. The predicted molar refractivity (Wildman–Crippen MR) is 159 cm³/mol. The molecule has 0 saturated heterocycles. The highest BCUT2D eigenvalue weighted by Gasteiger charge is 2.19. The third kappa shape index (κ3) is 4.97. The molecule has 5 rings (SSSR count). The Morgan fingerprint density at radius 3 is 2.38 bits per heavy atom. The van der Waals surface area contributed by atoms with Crippen molar-refractivity contribution in [2.45, 2.75) is 18.4 Å². The molecule has 198 valence electrons. The summed E-state index contributed by atoms with van der Waals surface area (Å²) in [5.41, 5.74) is 23.3. The fraction of sp³-hybridized carbons (Fsp3) is 0.103. The van der Waals surface area contributed by atoms with E-state index in [4.69, 9.17) is 17.2 Å². The molecule has 6 N–H and O–H groups in total. The minimum Gasteiger partial charge on any atom is -0.383 e. The van der Waals surface area contributed by atoms with Gasteiger partial charge in [0.25, 0.3) is 0 Å². The summed E-state index contributed by atoms with van der Waals surface area (Å²) < 4.78 is 25.8. The van der Waals surface area contributed by atoms with Crippen LogP contribution in [0.5, 0.6) is 0 Å². The van der Waals surface area contributed by atoms with Crippen LogP contribution in [0.15, 0.2) is 89.3 Å². The number of nitrogens with two attached hydrogens (primary N) is 3. The Bertz CT molecular complexity index is 1800. The fourth-order valence-electron chi connectivity index (χ4n) is 4.53. The van der Waals surface area contributed by atoms with Gasteiger partial charge in [-0.05, 0) is 58.5 Å². The van der Waals surface area contributed by atoms with E-state index >= 15 is 0 Å². The monoisotopic (exact) mass is 557 g/mol. The van der Waals surface area contributed by atoms with Gasteiger partial charge in [0.15, 0.2) is 9.84 Å². The molecule has 0 radical (unpaired) electrons. The molecule has 39 heavy (non-hydrogen) atoms. The lowest BCUT2D eigenvalue weighted by molar-refractivity contribution is 0.256. The Morgan fingerprint density at radius 1 is 0.949 bits per heavy atom. The van der Waals surface area contributed by atoms with Crippen molar-refractivity contribution in [2.24, 2.45) is 11.5 Å². The Kier molecular flexibility index (Phi) is 7.09. The lowest BCUT2D eigenvalue weighted by Crippen LogP contribution is -2.31. The summed E-state index contributed by atoms with van der Waals surface area (Å²) in [4.78, 5) is 18.5. The number of fused-ring (bicyclic) bond motifs is 1. The molecule has 5 aromatic rings. The molecule has 3 aromatic carbocycles. The van der Waals surface area contributed by atoms with Crippen LogP contribution < -0.4 is 22.1 Å². The van der Waals surface area contributed by atoms with Gasteiger partial charge in [-0.3, -0.25) is 4.90 Å². The van der Waals surface area contributed by atoms with Crippen molar-refractivity contribution >= 4 is 54.5 Å². The number of aromatic nitrogens is 1. The summed E-state index contributed by atoms with van der Waals surface area (Å²) in [6, 6.07) is 21.1. The van der Waals surface area contributed by atoms with Crippen molar-refractivity contribution < 1.29 is 13.2 Å². The molecule has 0 unspecified atom stereocenters. The van der Waals surface area contributed by atoms with Crippen molar-refractivity contribution in [3.05, 3.63) is 89.9 Å². The van der Waals surface area contributed by atoms with Gasteiger partial charge in [-0.25, -0.2) is 18.2 Å². The number of nitrogens with zero attached hydrogens (tertiary/aromatic N) is 2. The van der Waals surface area contributed by atoms with Crippen LogP contribution in [0.3, 0.4) is 0 Å². The van der Waals surface area contributed by atoms with E-state index in [0.29, 0.717) is 23.7 Å². The van der Waals surface area contributed by atoms with Crippen LogP contribution in [0, 0.1) is 0 Å². The first-order valence-electron chi connectivity index (χ1n) is 12.2. The lowest BCUT2D eigenvalue weighted by atomic mass is 10.0. The van der Waals surface area contributed by atoms with Gasteiger partial charge >= 0.3 is 6.03 Å². The highest BCUT2D eigenvalue weighted by molar-refractivity contribution is 7.91. The van der Waals surface area contributed by atoms with E-state index < -0.39 is 15.9 Å². The Morgan fingerprint density at radius 2 is 1.69 bits per heavy atom. The number of rotatable bonds is 7. The van der Waals surface area contributed by atoms with Crippen LogP contribution in [0.1, 0.15) is 12.5 Å². The molecular weight excluding hydrogens is 530 g/mol. The van der Waals surface area contributed by atoms with Crippen LogP contribution >= 0.6 is 11.3 Å². The van der Waals surface area contributed by atoms with Crippen LogP contribution in [0.2, 0.25) is 0 Å². The van der Waals surface area contributed by atoms with Crippen molar-refractivity contribution in [1.82, 2.24) is 4.98 Å². The average molecular weight is 558 g/mol. The van der Waals surface area contributed by atoms with Crippen LogP contribution in [0.25, 0.3) is 32.3 Å². The molecule has 0 aliphatic carbocycles. The molecule has 0 bridgehead atoms. The Labute approximate surface area is 230 Å². The molecule has 0 spiro atoms. The average Bonchev–Trinajstić information content (AvgIpc) is 3.40. The van der Waals surface area contributed by atoms with Crippen molar-refractivity contribution in [1.29, 1.82) is 0 Å². The minimum absolute atomic E-state index is 0.0244. The SMILES string of the molecule is CCS(=O)(=O)c1cccc(-c2cnc(N)c3c(-c4ccc(N(C(N)=O)c5cccc(CN)c5)cc4)csc23)c1. The number of sulfone groups is 1. The van der Waals surface area contributed by atoms with Crippen molar-refractivity contribution in [3.8, 4) is 22.3 Å². The number of carbonyl (C=O) groups is 1. The van der Waals surface area contributed by atoms with E-state index in [2.05, 4.69) is 4.98 Å². The number of pyridine rings is 1. The Hall–Kier alpha value is -4.25. The van der Waals surface area contributed by atoms with Crippen LogP contribution in [-0.4, -0.2) is 25.2 Å². The second-order valence-electron chi connectivity index (χ2n) is 8.94. The van der Waals surface area contributed by atoms with Gasteiger partial charge in [-0.2, -0.15) is 0 Å². The highest BCUT2D eigenvalue weighted by atomic mass is 32.2. The molecule has 0 fully saturated rings. The zero-order chi connectivity index (χ0) is 27.7. The summed E-state index contributed by atoms with van der Waals surface area (Å²) in [6.07, 6.45) is 1.68. The van der Waals surface area contributed by atoms with E-state index in [9.17, 15) is 13.2 Å². The number of anilines is 3. The third-order valence-electron chi connectivity index (χ3n) is 6.57. The maximum atomic E-state index is 12.5. The first-order valence-corrected chi connectivity index (χ1v) is 14.7. The molecule has 2 aromatic heterocycles. The van der Waals surface area contributed by atoms with Gasteiger partial charge in [0.2, 0.25) is 0 Å². The van der Waals surface area contributed by atoms with Crippen LogP contribution in [-0.2, 0) is 16.4 Å². The molecule has 2 amide bonds. The number of urea groups is 1. The second-order valence-corrected chi connectivity index (χ2v) is 12.1. The maximum absolute atomic E-state index is 12.5. The second kappa shape index (κ2) is 10.5. The van der Waals surface area contributed by atoms with E-state index in [-0.39, 0.29) is 10.6 Å². The topological polar surface area (TPSA) is 145 Å². The van der Waals surface area contributed by atoms with Gasteiger partial charge in [-0.15, -0.1) is 11.3 Å². The number of nitrogen functional groups attached to an aromatic ring is 1. The summed E-state index contributed by atoms with van der Waals surface area (Å²) in [5, 5.41) is 2.79. The molecular formula is C29H27N5O3S2. The zero-order valence-corrected chi connectivity index (χ0v) is 22.8. The van der Waals surface area contributed by atoms with E-state index in [0.717, 1.165) is 37.9 Å². The lowest BCUT2D eigenvalue weighted by Gasteiger charge is -2.21. The number of thiophene rings is 1. The largest absolute Gasteiger partial charge is 0.383 e. The number of hydrogen-bond acceptors (Lipinski definition) is 7. The fourth-order valence-corrected chi connectivity index (χ4v) is 6.57. The summed E-state index contributed by atoms with van der Waals surface area (Å²) in [6.45, 7) is 1.97. The van der Waals surface area contributed by atoms with E-state index in [1.165, 1.54) is 16.2 Å². The maximum Gasteiger partial charge on any atom is 0.323 e. The standard InChI is InChI=1S/C29H27N5O3S2/c1-2-39(36,37)23-8-4-6-20(14-23)24-16-33-28(31)26-25(17-38-27(24)26)19-9-11-21(12-10-19)34(29(32)35)22-7-3-5-18(13-22)15-30/h3-14,16-17H,2,15,30H2,1H3,(H2,31,33)(H2,32,35). The molecule has 2 heterocycles. The zero-order valence-electron chi connectivity index (χ0n) is 21.2. The Balaban J connectivity index is 1.56. The minimum atomic E-state index is -3.35. The third-order valence-corrected chi connectivity index (χ3v) is 9.32. The number of carbonyl (C=O) groups excluding carboxylic acids is 1. The summed E-state index contributed by atoms with van der Waals surface area (Å²) in [7, 11) is -3.35. The first-order chi connectivity index (χ1) is 18.7. The van der Waals surface area contributed by atoms with Crippen molar-refractivity contribution in [3.63, 3.8) is 0 Å². The van der Waals surface area contributed by atoms with Gasteiger partial charge in [0, 0.05) is 34.0 Å². The highest BCUT2D eigenvalue weighted by Crippen LogP contribution is 2.42. The molecule has 8 nitrogen and oxygen atoms in total. The normalized spacial score (nSPS) is 11.5. The molecule has 0 aliphatic rings. The molecule has 0 atom stereocenters. The van der Waals surface area contributed by atoms with Gasteiger partial charge in [-0.1, -0.05) is 43.3 Å². The number of hydrogen-bond donors (Lipinski definition) is 3. The molecule has 0 aliphatic heterocycles. The predicted octanol–water partition coefficient (Wildman–Crippen LogP) is 5.68. The smallest absolute Gasteiger partial charge is 0.323 e. The van der Waals surface area contributed by atoms with Crippen LogP contribution in [0.4, 0.5) is 22.0 Å². The summed E-state index contributed by atoms with van der Waals surface area (Å²) in [5.74, 6) is 0.403.